The minimum Gasteiger partial charge on any atom is -0.672 e. The van der Waals surface area contributed by atoms with Gasteiger partial charge < -0.3 is 14.1 Å². The van der Waals surface area contributed by atoms with E-state index in [9.17, 15) is 0 Å². The summed E-state index contributed by atoms with van der Waals surface area (Å²) >= 11 is 0. The SMILES string of the molecule is O=[Si]([O-])[O-].[Al+3].[Mg+2]. The zero-order valence-electron chi connectivity index (χ0n) is 3.01. The van der Waals surface area contributed by atoms with Crippen LogP contribution in [0.1, 0.15) is 0 Å². The fraction of sp³-hybridized carbons (Fsp3) is 0. The Kier molecular flexibility index (Phi) is 24.5. The summed E-state index contributed by atoms with van der Waals surface area (Å²) in [6.45, 7) is 0. The van der Waals surface area contributed by atoms with E-state index in [1.807, 2.05) is 0 Å². The molecule has 0 aliphatic carbocycles. The van der Waals surface area contributed by atoms with Crippen LogP contribution in [0.2, 0.25) is 0 Å². The maximum Gasteiger partial charge on any atom is 3.00 e. The van der Waals surface area contributed by atoms with Crippen LogP contribution < -0.4 is 9.59 Å². The van der Waals surface area contributed by atoms with E-state index in [0.29, 0.717) is 0 Å². The van der Waals surface area contributed by atoms with Gasteiger partial charge in [-0.3, -0.25) is 0 Å². The normalized spacial score (nSPS) is 4.00. The quantitative estimate of drug-likeness (QED) is 0.315. The van der Waals surface area contributed by atoms with Crippen LogP contribution in [0.4, 0.5) is 0 Å². The number of rotatable bonds is 0. The smallest absolute Gasteiger partial charge is 0.672 e. The summed E-state index contributed by atoms with van der Waals surface area (Å²) in [5.74, 6) is 0. The second-order valence-electron chi connectivity index (χ2n) is 0.250. The van der Waals surface area contributed by atoms with E-state index in [2.05, 4.69) is 0 Å². The Hall–Kier alpha value is 0.916. The van der Waals surface area contributed by atoms with Gasteiger partial charge in [-0.1, -0.05) is 0 Å². The van der Waals surface area contributed by atoms with Gasteiger partial charge in [0.1, 0.15) is 0 Å². The van der Waals surface area contributed by atoms with Gasteiger partial charge in [-0.15, -0.1) is 0 Å². The molecule has 0 aromatic carbocycles. The van der Waals surface area contributed by atoms with Crippen LogP contribution in [0.5, 0.6) is 0 Å². The van der Waals surface area contributed by atoms with E-state index in [-0.39, 0.29) is 40.4 Å². The van der Waals surface area contributed by atoms with Gasteiger partial charge in [-0.05, 0) is 0 Å². The van der Waals surface area contributed by atoms with Gasteiger partial charge in [-0.2, -0.15) is 0 Å². The predicted octanol–water partition coefficient (Wildman–Crippen LogP) is -3.64. The van der Waals surface area contributed by atoms with Crippen LogP contribution in [-0.2, 0) is 4.46 Å². The molecule has 0 saturated carbocycles. The van der Waals surface area contributed by atoms with E-state index < -0.39 is 9.17 Å². The molecule has 0 atom stereocenters. The fourth-order valence-corrected chi connectivity index (χ4v) is 0. The van der Waals surface area contributed by atoms with Gasteiger partial charge in [-0.25, -0.2) is 0 Å². The maximum absolute atomic E-state index is 8.52. The van der Waals surface area contributed by atoms with Gasteiger partial charge in [0.2, 0.25) is 0 Å². The summed E-state index contributed by atoms with van der Waals surface area (Å²) in [5, 5.41) is 0. The molecule has 0 spiro atoms. The van der Waals surface area contributed by atoms with E-state index in [1.165, 1.54) is 0 Å². The van der Waals surface area contributed by atoms with Crippen molar-refractivity contribution in [3.63, 3.8) is 0 Å². The third kappa shape index (κ3) is 89.9. The van der Waals surface area contributed by atoms with Gasteiger partial charge >= 0.3 is 40.4 Å². The fourth-order valence-electron chi connectivity index (χ4n) is 0. The Morgan fingerprint density at radius 2 is 1.33 bits per heavy atom. The molecule has 0 rings (SSSR count). The Labute approximate surface area is 63.6 Å². The monoisotopic (exact) mass is 127 g/mol. The van der Waals surface area contributed by atoms with Gasteiger partial charge in [0.25, 0.3) is 0 Å². The van der Waals surface area contributed by atoms with Crippen LogP contribution in [-0.4, -0.2) is 49.6 Å². The van der Waals surface area contributed by atoms with Crippen molar-refractivity contribution in [1.29, 1.82) is 0 Å². The largest absolute Gasteiger partial charge is 3.00 e. The first-order valence-corrected chi connectivity index (χ1v) is 1.84. The zero-order valence-corrected chi connectivity index (χ0v) is 6.58. The van der Waals surface area contributed by atoms with Crippen molar-refractivity contribution in [3.8, 4) is 0 Å². The average molecular weight is 127 g/mol. The molecule has 0 N–H and O–H groups in total. The van der Waals surface area contributed by atoms with Crippen LogP contribution in [0, 0.1) is 0 Å². The van der Waals surface area contributed by atoms with Crippen molar-refractivity contribution >= 4 is 49.6 Å². The van der Waals surface area contributed by atoms with Crippen LogP contribution in [0.25, 0.3) is 0 Å². The van der Waals surface area contributed by atoms with Crippen molar-refractivity contribution in [2.75, 3.05) is 0 Å². The molecule has 0 aliphatic rings. The second-order valence-corrected chi connectivity index (χ2v) is 0.750. The minimum absolute atomic E-state index is 0. The molecule has 24 valence electrons. The van der Waals surface area contributed by atoms with Crippen molar-refractivity contribution < 1.29 is 14.1 Å². The van der Waals surface area contributed by atoms with Crippen molar-refractivity contribution in [2.24, 2.45) is 0 Å². The average Bonchev–Trinajstić information content (AvgIpc) is 0.811. The van der Waals surface area contributed by atoms with Gasteiger partial charge in [0.15, 0.2) is 0 Å². The molecule has 0 amide bonds. The first-order valence-electron chi connectivity index (χ1n) is 0.612. The Morgan fingerprint density at radius 1 is 1.33 bits per heavy atom. The van der Waals surface area contributed by atoms with Gasteiger partial charge in [0, 0.05) is 9.17 Å². The summed E-state index contributed by atoms with van der Waals surface area (Å²) in [4.78, 5) is 17.0. The summed E-state index contributed by atoms with van der Waals surface area (Å²) in [5.41, 5.74) is 0. The molecule has 0 fully saturated rings. The number of hydrogen-bond donors (Lipinski definition) is 0. The molecular formula is AlMgO3Si+3. The molecular weight excluding hydrogens is 127 g/mol. The Morgan fingerprint density at radius 3 is 1.33 bits per heavy atom. The second kappa shape index (κ2) is 9.32. The molecule has 6 heteroatoms. The van der Waals surface area contributed by atoms with Gasteiger partial charge in [0.05, 0.1) is 0 Å². The van der Waals surface area contributed by atoms with Crippen LogP contribution >= 0.6 is 0 Å². The molecule has 0 radical (unpaired) electrons. The van der Waals surface area contributed by atoms with Crippen LogP contribution in [0.15, 0.2) is 0 Å². The van der Waals surface area contributed by atoms with Crippen molar-refractivity contribution in [2.45, 2.75) is 0 Å². The summed E-state index contributed by atoms with van der Waals surface area (Å²) in [6.07, 6.45) is 0. The molecule has 0 unspecified atom stereocenters. The zero-order chi connectivity index (χ0) is 3.58. The third-order valence-electron chi connectivity index (χ3n) is 0. The standard InChI is InChI=1S/Al.Mg.O3Si/c;;1-4(2)3/q+3;+2;-2. The van der Waals surface area contributed by atoms with Crippen molar-refractivity contribution in [1.82, 2.24) is 0 Å². The molecule has 0 bridgehead atoms. The van der Waals surface area contributed by atoms with E-state index >= 15 is 0 Å². The maximum atomic E-state index is 8.52. The topological polar surface area (TPSA) is 63.2 Å². The Bertz CT molecular complexity index is 33.8. The van der Waals surface area contributed by atoms with E-state index in [0.717, 1.165) is 0 Å². The number of hydrogen-bond acceptors (Lipinski definition) is 3. The van der Waals surface area contributed by atoms with Crippen molar-refractivity contribution in [3.05, 3.63) is 0 Å². The van der Waals surface area contributed by atoms with E-state index in [1.54, 1.807) is 0 Å². The Balaban J connectivity index is -0.0000000450. The molecule has 3 nitrogen and oxygen atoms in total. The summed E-state index contributed by atoms with van der Waals surface area (Å²) < 4.78 is 8.52. The summed E-state index contributed by atoms with van der Waals surface area (Å²) in [7, 11) is -3.63. The first kappa shape index (κ1) is 15.8. The molecule has 6 heavy (non-hydrogen) atoms. The molecule has 0 aromatic rings. The molecule has 0 aliphatic heterocycles. The minimum atomic E-state index is -3.63. The first-order chi connectivity index (χ1) is 1.73. The predicted molar refractivity (Wildman–Crippen MR) is 17.9 cm³/mol. The van der Waals surface area contributed by atoms with Crippen LogP contribution in [0.3, 0.4) is 0 Å². The molecule has 0 aromatic heterocycles. The molecule has 0 saturated heterocycles. The molecule has 0 heterocycles. The third-order valence-corrected chi connectivity index (χ3v) is 0. The summed E-state index contributed by atoms with van der Waals surface area (Å²) in [6, 6.07) is 0. The van der Waals surface area contributed by atoms with E-state index in [4.69, 9.17) is 14.1 Å².